The predicted molar refractivity (Wildman–Crippen MR) is 164 cm³/mol. The average molecular weight is 658 g/mol. The Balaban J connectivity index is 2.12. The fourth-order valence-electron chi connectivity index (χ4n) is 7.50. The molecule has 0 amide bonds. The number of aliphatic hydroxyl groups excluding tert-OH is 1. The van der Waals surface area contributed by atoms with Gasteiger partial charge < -0.3 is 43.2 Å². The summed E-state index contributed by atoms with van der Waals surface area (Å²) in [5.74, 6) is -4.71. The van der Waals surface area contributed by atoms with Crippen molar-refractivity contribution in [3.63, 3.8) is 0 Å². The number of ketones is 1. The van der Waals surface area contributed by atoms with E-state index in [2.05, 4.69) is 0 Å². The van der Waals surface area contributed by atoms with Crippen molar-refractivity contribution in [1.29, 1.82) is 0 Å². The highest BCUT2D eigenvalue weighted by atomic mass is 16.8. The first-order valence-electron chi connectivity index (χ1n) is 16.3. The summed E-state index contributed by atoms with van der Waals surface area (Å²) in [4.78, 5) is 54.2. The molecule has 3 rings (SSSR count). The van der Waals surface area contributed by atoms with Crippen LogP contribution in [0.5, 0.6) is 0 Å². The molecule has 0 saturated carbocycles. The molecule has 13 nitrogen and oxygen atoms in total. The zero-order valence-electron chi connectivity index (χ0n) is 29.4. The number of likely N-dealkylation sites (N-methyl/N-ethyl adjacent to an activating group) is 1. The third-order valence-corrected chi connectivity index (χ3v) is 10.3. The molecule has 0 aliphatic carbocycles. The molecular formula is C33H55NO12. The Morgan fingerprint density at radius 1 is 1.04 bits per heavy atom. The number of nitrogens with zero attached hydrogens (tertiary/aromatic N) is 1. The molecule has 3 saturated heterocycles. The van der Waals surface area contributed by atoms with Crippen LogP contribution in [0.4, 0.5) is 4.79 Å². The van der Waals surface area contributed by atoms with Crippen molar-refractivity contribution in [3.05, 3.63) is 0 Å². The van der Waals surface area contributed by atoms with E-state index in [0.29, 0.717) is 6.42 Å². The van der Waals surface area contributed by atoms with E-state index in [9.17, 15) is 24.3 Å². The van der Waals surface area contributed by atoms with E-state index in [1.165, 1.54) is 14.0 Å². The number of fused-ring (bicyclic) bond motifs is 1. The van der Waals surface area contributed by atoms with Crippen molar-refractivity contribution in [2.24, 2.45) is 23.7 Å². The van der Waals surface area contributed by atoms with Crippen LogP contribution in [-0.4, -0.2) is 115 Å². The van der Waals surface area contributed by atoms with Crippen LogP contribution in [0.2, 0.25) is 0 Å². The molecule has 14 atom stereocenters. The Hall–Kier alpha value is -2.32. The van der Waals surface area contributed by atoms with Crippen molar-refractivity contribution in [3.8, 4) is 0 Å². The lowest BCUT2D eigenvalue weighted by Crippen LogP contribution is -2.61. The highest BCUT2D eigenvalue weighted by Crippen LogP contribution is 2.42. The van der Waals surface area contributed by atoms with Gasteiger partial charge in [0.05, 0.1) is 41.8 Å². The Bertz CT molecular complexity index is 1120. The number of cyclic esters (lactones) is 1. The Labute approximate surface area is 272 Å². The first-order valence-corrected chi connectivity index (χ1v) is 16.3. The van der Waals surface area contributed by atoms with Crippen LogP contribution in [0.3, 0.4) is 0 Å². The molecule has 0 aromatic rings. The summed E-state index contributed by atoms with van der Waals surface area (Å²) in [6, 6.07) is -0.239. The van der Waals surface area contributed by atoms with Gasteiger partial charge in [0.1, 0.15) is 11.9 Å². The summed E-state index contributed by atoms with van der Waals surface area (Å²) >= 11 is 0. The van der Waals surface area contributed by atoms with E-state index in [-0.39, 0.29) is 30.8 Å². The normalized spacial score (nSPS) is 44.4. The quantitative estimate of drug-likeness (QED) is 0.328. The maximum absolute atomic E-state index is 14.0. The number of hydrogen-bond donors (Lipinski definition) is 1. The van der Waals surface area contributed by atoms with Gasteiger partial charge >= 0.3 is 18.1 Å². The van der Waals surface area contributed by atoms with E-state index in [1.807, 2.05) is 25.9 Å². The van der Waals surface area contributed by atoms with Gasteiger partial charge in [0.15, 0.2) is 24.1 Å². The minimum absolute atomic E-state index is 0.139. The molecular weight excluding hydrogens is 602 g/mol. The van der Waals surface area contributed by atoms with Crippen molar-refractivity contribution >= 4 is 23.9 Å². The van der Waals surface area contributed by atoms with Gasteiger partial charge in [0.2, 0.25) is 0 Å². The number of ether oxygens (including phenoxy) is 7. The summed E-state index contributed by atoms with van der Waals surface area (Å²) in [6.07, 6.45) is -6.35. The maximum atomic E-state index is 14.0. The molecule has 13 heteroatoms. The fraction of sp³-hybridized carbons (Fsp3) is 0.879. The van der Waals surface area contributed by atoms with Gasteiger partial charge in [0, 0.05) is 25.9 Å². The third-order valence-electron chi connectivity index (χ3n) is 10.3. The van der Waals surface area contributed by atoms with Crippen LogP contribution in [0, 0.1) is 23.7 Å². The van der Waals surface area contributed by atoms with Crippen molar-refractivity contribution in [1.82, 2.24) is 4.90 Å². The van der Waals surface area contributed by atoms with Crippen molar-refractivity contribution in [2.75, 3.05) is 21.2 Å². The lowest BCUT2D eigenvalue weighted by atomic mass is 9.74. The van der Waals surface area contributed by atoms with Crippen molar-refractivity contribution < 1.29 is 57.4 Å². The summed E-state index contributed by atoms with van der Waals surface area (Å²) < 4.78 is 41.9. The molecule has 0 radical (unpaired) electrons. The molecule has 0 aromatic heterocycles. The number of Topliss-reactive ketones (excluding diaryl/α,β-unsaturated/α-hetero) is 1. The first-order chi connectivity index (χ1) is 21.3. The lowest BCUT2D eigenvalue weighted by Gasteiger charge is -2.48. The highest BCUT2D eigenvalue weighted by Gasteiger charge is 2.59. The third kappa shape index (κ3) is 7.69. The molecule has 0 unspecified atom stereocenters. The Morgan fingerprint density at radius 2 is 1.67 bits per heavy atom. The molecule has 3 heterocycles. The fourth-order valence-corrected chi connectivity index (χ4v) is 7.50. The van der Waals surface area contributed by atoms with Crippen molar-refractivity contribution in [2.45, 2.75) is 142 Å². The average Bonchev–Trinajstić information content (AvgIpc) is 3.30. The van der Waals surface area contributed by atoms with Crippen LogP contribution >= 0.6 is 0 Å². The minimum atomic E-state index is -1.43. The smallest absolute Gasteiger partial charge is 0.458 e. The van der Waals surface area contributed by atoms with Gasteiger partial charge in [0.25, 0.3) is 0 Å². The lowest BCUT2D eigenvalue weighted by molar-refractivity contribution is -0.303. The summed E-state index contributed by atoms with van der Waals surface area (Å²) in [7, 11) is 5.25. The molecule has 3 aliphatic heterocycles. The molecule has 0 bridgehead atoms. The van der Waals surface area contributed by atoms with E-state index in [0.717, 1.165) is 0 Å². The van der Waals surface area contributed by atoms with E-state index < -0.39 is 89.8 Å². The summed E-state index contributed by atoms with van der Waals surface area (Å²) in [5.41, 5.74) is -2.66. The van der Waals surface area contributed by atoms with Gasteiger partial charge in [-0.1, -0.05) is 27.7 Å². The Kier molecular flexibility index (Phi) is 12.3. The number of rotatable bonds is 6. The van der Waals surface area contributed by atoms with E-state index in [4.69, 9.17) is 33.2 Å². The maximum Gasteiger partial charge on any atom is 0.509 e. The zero-order chi connectivity index (χ0) is 34.9. The minimum Gasteiger partial charge on any atom is -0.458 e. The molecule has 0 spiro atoms. The van der Waals surface area contributed by atoms with Crippen LogP contribution in [0.1, 0.15) is 81.6 Å². The van der Waals surface area contributed by atoms with Crippen LogP contribution < -0.4 is 0 Å². The topological polar surface area (TPSA) is 156 Å². The molecule has 3 aliphatic rings. The molecule has 264 valence electrons. The standard InChI is InChI=1S/C33H55NO12/c1-13-23-33(9)28(45-31(39)46-33)18(4)24(36)16(2)15-32(8,40-12)27(19(5)25(37)20(6)29(38)43-23)44-30-26(42-21(7)35)22(34(10)11)14-17(3)41-30/h16-20,22-23,25-28,30,37H,13-15H2,1-12H3/t16-,17-,18+,19+,20-,22+,23-,25+,26-,27-,28-,30+,32-,33-/m1/s1. The number of esters is 2. The number of carbonyl (C=O) groups excluding carboxylic acids is 4. The monoisotopic (exact) mass is 657 g/mol. The van der Waals surface area contributed by atoms with Gasteiger partial charge in [-0.2, -0.15) is 0 Å². The molecule has 0 aromatic carbocycles. The summed E-state index contributed by atoms with van der Waals surface area (Å²) in [5, 5.41) is 11.7. The van der Waals surface area contributed by atoms with Crippen LogP contribution in [0.15, 0.2) is 0 Å². The predicted octanol–water partition coefficient (Wildman–Crippen LogP) is 3.27. The van der Waals surface area contributed by atoms with E-state index >= 15 is 0 Å². The molecule has 3 fully saturated rings. The van der Waals surface area contributed by atoms with Gasteiger partial charge in [-0.25, -0.2) is 4.79 Å². The highest BCUT2D eigenvalue weighted by molar-refractivity contribution is 5.84. The SMILES string of the molecule is CC[C@H]1OC(=O)[C@H](C)[C@@H](O)[C@H](C)[C@@H](O[C@@H]2O[C@H](C)C[C@H](N(C)C)[C@H]2OC(C)=O)[C@](C)(OC)C[C@@H](C)C(=O)[C@H](C)[C@H]2OC(=O)O[C@@]21C. The zero-order valence-corrected chi connectivity index (χ0v) is 29.4. The molecule has 46 heavy (non-hydrogen) atoms. The van der Waals surface area contributed by atoms with Gasteiger partial charge in [-0.05, 0) is 61.1 Å². The molecule has 1 N–H and O–H groups in total. The number of aliphatic hydroxyl groups is 1. The first kappa shape index (κ1) is 38.1. The largest absolute Gasteiger partial charge is 0.509 e. The van der Waals surface area contributed by atoms with Gasteiger partial charge in [-0.3, -0.25) is 14.4 Å². The number of methoxy groups -OCH3 is 1. The van der Waals surface area contributed by atoms with Crippen LogP contribution in [-0.2, 0) is 47.5 Å². The van der Waals surface area contributed by atoms with Gasteiger partial charge in [-0.15, -0.1) is 0 Å². The number of carbonyl (C=O) groups is 4. The number of hydrogen-bond acceptors (Lipinski definition) is 13. The van der Waals surface area contributed by atoms with Crippen LogP contribution in [0.25, 0.3) is 0 Å². The van der Waals surface area contributed by atoms with E-state index in [1.54, 1.807) is 48.5 Å². The second kappa shape index (κ2) is 14.8. The summed E-state index contributed by atoms with van der Waals surface area (Å²) in [6.45, 7) is 15.1. The Morgan fingerprint density at radius 3 is 2.22 bits per heavy atom. The second-order valence-electron chi connectivity index (χ2n) is 14.1. The second-order valence-corrected chi connectivity index (χ2v) is 14.1.